The van der Waals surface area contributed by atoms with E-state index in [1.54, 1.807) is 10.4 Å². The molecule has 1 aromatic carbocycles. The average Bonchev–Trinajstić information content (AvgIpc) is 2.76. The lowest BCUT2D eigenvalue weighted by Crippen LogP contribution is -2.33. The zero-order chi connectivity index (χ0) is 22.8. The van der Waals surface area contributed by atoms with Gasteiger partial charge in [-0.25, -0.2) is 8.42 Å². The summed E-state index contributed by atoms with van der Waals surface area (Å²) >= 11 is 0. The van der Waals surface area contributed by atoms with Crippen LogP contribution in [0.2, 0.25) is 0 Å². The second-order valence-electron chi connectivity index (χ2n) is 9.12. The van der Waals surface area contributed by atoms with Crippen molar-refractivity contribution in [1.29, 1.82) is 0 Å². The summed E-state index contributed by atoms with van der Waals surface area (Å²) in [6, 6.07) is 7.41. The van der Waals surface area contributed by atoms with Gasteiger partial charge in [-0.15, -0.1) is 0 Å². The second-order valence-corrected chi connectivity index (χ2v) is 11.0. The van der Waals surface area contributed by atoms with E-state index in [0.29, 0.717) is 18.0 Å². The van der Waals surface area contributed by atoms with Crippen molar-refractivity contribution < 1.29 is 8.42 Å². The number of hydrogen-bond donors (Lipinski definition) is 0. The molecule has 0 unspecified atom stereocenters. The van der Waals surface area contributed by atoms with Crippen LogP contribution in [0.4, 0.5) is 0 Å². The molecule has 4 heteroatoms. The molecule has 0 aromatic heterocycles. The molecule has 0 atom stereocenters. The van der Waals surface area contributed by atoms with Gasteiger partial charge in [-0.05, 0) is 31.4 Å². The molecule has 0 amide bonds. The number of rotatable bonds is 20. The normalized spacial score (nSPS) is 12.0. The van der Waals surface area contributed by atoms with Crippen molar-refractivity contribution in [3.8, 4) is 0 Å². The van der Waals surface area contributed by atoms with Crippen LogP contribution in [-0.2, 0) is 10.0 Å². The van der Waals surface area contributed by atoms with Crippen LogP contribution in [0.15, 0.2) is 29.2 Å². The largest absolute Gasteiger partial charge is 0.243 e. The third-order valence-corrected chi connectivity index (χ3v) is 8.29. The Bertz CT molecular complexity index is 637. The van der Waals surface area contributed by atoms with Gasteiger partial charge < -0.3 is 0 Å². The number of aryl methyl sites for hydroxylation is 1. The molecule has 1 rings (SSSR count). The number of hydrogen-bond acceptors (Lipinski definition) is 2. The molecule has 0 aliphatic rings. The van der Waals surface area contributed by atoms with Crippen molar-refractivity contribution >= 4 is 10.0 Å². The van der Waals surface area contributed by atoms with Crippen LogP contribution >= 0.6 is 0 Å². The zero-order valence-electron chi connectivity index (χ0n) is 20.7. The van der Waals surface area contributed by atoms with Crippen molar-refractivity contribution in [2.45, 2.75) is 128 Å². The first-order valence-electron chi connectivity index (χ1n) is 13.1. The third-order valence-electron chi connectivity index (χ3n) is 6.23. The van der Waals surface area contributed by atoms with Crippen LogP contribution in [0.1, 0.15) is 122 Å². The highest BCUT2D eigenvalue weighted by Gasteiger charge is 2.25. The summed E-state index contributed by atoms with van der Waals surface area (Å²) < 4.78 is 28.5. The van der Waals surface area contributed by atoms with Gasteiger partial charge in [0.15, 0.2) is 0 Å². The molecule has 0 aliphatic heterocycles. The zero-order valence-corrected chi connectivity index (χ0v) is 21.5. The molecule has 3 nitrogen and oxygen atoms in total. The molecule has 0 heterocycles. The van der Waals surface area contributed by atoms with Crippen molar-refractivity contribution in [1.82, 2.24) is 4.31 Å². The minimum absolute atomic E-state index is 0.481. The second kappa shape index (κ2) is 17.7. The molecule has 0 radical (unpaired) electrons. The predicted octanol–water partition coefficient (Wildman–Crippen LogP) is 8.27. The van der Waals surface area contributed by atoms with Gasteiger partial charge in [0, 0.05) is 13.1 Å². The van der Waals surface area contributed by atoms with Gasteiger partial charge in [-0.3, -0.25) is 0 Å². The quantitative estimate of drug-likeness (QED) is 0.187. The van der Waals surface area contributed by atoms with E-state index in [0.717, 1.165) is 31.2 Å². The van der Waals surface area contributed by atoms with E-state index in [9.17, 15) is 8.42 Å². The van der Waals surface area contributed by atoms with Gasteiger partial charge >= 0.3 is 0 Å². The Balaban J connectivity index is 2.51. The molecular formula is C27H49NO2S. The first-order valence-corrected chi connectivity index (χ1v) is 14.5. The highest BCUT2D eigenvalue weighted by atomic mass is 32.2. The molecule has 180 valence electrons. The first-order chi connectivity index (χ1) is 15.0. The summed E-state index contributed by atoms with van der Waals surface area (Å²) in [4.78, 5) is 0.481. The molecule has 0 bridgehead atoms. The van der Waals surface area contributed by atoms with Crippen LogP contribution in [0.5, 0.6) is 0 Å². The highest BCUT2D eigenvalue weighted by molar-refractivity contribution is 7.89. The summed E-state index contributed by atoms with van der Waals surface area (Å²) in [6.45, 7) is 7.70. The fourth-order valence-electron chi connectivity index (χ4n) is 4.18. The van der Waals surface area contributed by atoms with Crippen molar-refractivity contribution in [3.05, 3.63) is 29.8 Å². The fraction of sp³-hybridized carbons (Fsp3) is 0.778. The molecule has 0 spiro atoms. The van der Waals surface area contributed by atoms with E-state index in [-0.39, 0.29) is 0 Å². The molecule has 0 saturated carbocycles. The summed E-state index contributed by atoms with van der Waals surface area (Å²) in [6.07, 6.45) is 19.7. The Hall–Kier alpha value is -0.870. The third kappa shape index (κ3) is 12.1. The maximum atomic E-state index is 13.4. The number of unbranched alkanes of at least 4 members (excludes halogenated alkanes) is 14. The Labute approximate surface area is 194 Å². The molecule has 31 heavy (non-hydrogen) atoms. The Kier molecular flexibility index (Phi) is 16.0. The van der Waals surface area contributed by atoms with Crippen molar-refractivity contribution in [2.75, 3.05) is 13.1 Å². The van der Waals surface area contributed by atoms with Crippen LogP contribution in [0.3, 0.4) is 0 Å². The maximum absolute atomic E-state index is 13.4. The van der Waals surface area contributed by atoms with Crippen LogP contribution in [-0.4, -0.2) is 25.8 Å². The van der Waals surface area contributed by atoms with E-state index >= 15 is 0 Å². The van der Waals surface area contributed by atoms with E-state index in [1.165, 1.54) is 77.0 Å². The van der Waals surface area contributed by atoms with Gasteiger partial charge in [0.1, 0.15) is 0 Å². The van der Waals surface area contributed by atoms with Gasteiger partial charge in [-0.2, -0.15) is 4.31 Å². The van der Waals surface area contributed by atoms with Gasteiger partial charge in [0.25, 0.3) is 0 Å². The number of nitrogens with zero attached hydrogens (tertiary/aromatic N) is 1. The molecule has 0 fully saturated rings. The average molecular weight is 452 g/mol. The lowest BCUT2D eigenvalue weighted by molar-refractivity contribution is 0.383. The molecule has 1 aromatic rings. The van der Waals surface area contributed by atoms with Crippen molar-refractivity contribution in [2.24, 2.45) is 0 Å². The van der Waals surface area contributed by atoms with Crippen molar-refractivity contribution in [3.63, 3.8) is 0 Å². The van der Waals surface area contributed by atoms with E-state index in [4.69, 9.17) is 0 Å². The highest BCUT2D eigenvalue weighted by Crippen LogP contribution is 2.21. The van der Waals surface area contributed by atoms with Gasteiger partial charge in [0.05, 0.1) is 4.90 Å². The minimum atomic E-state index is -3.41. The predicted molar refractivity (Wildman–Crippen MR) is 135 cm³/mol. The summed E-state index contributed by atoms with van der Waals surface area (Å²) in [5, 5.41) is 0. The minimum Gasteiger partial charge on any atom is -0.207 e. The van der Waals surface area contributed by atoms with Crippen LogP contribution in [0.25, 0.3) is 0 Å². The van der Waals surface area contributed by atoms with E-state index in [1.807, 2.05) is 25.1 Å². The van der Waals surface area contributed by atoms with E-state index in [2.05, 4.69) is 13.8 Å². The van der Waals surface area contributed by atoms with Gasteiger partial charge in [-0.1, -0.05) is 122 Å². The Morgan fingerprint density at radius 1 is 0.613 bits per heavy atom. The van der Waals surface area contributed by atoms with Crippen LogP contribution < -0.4 is 0 Å². The topological polar surface area (TPSA) is 37.4 Å². The first kappa shape index (κ1) is 28.2. The lowest BCUT2D eigenvalue weighted by atomic mass is 10.1. The number of benzene rings is 1. The molecule has 0 N–H and O–H groups in total. The standard InChI is InChI=1S/C27H49NO2S/c1-4-6-8-10-12-14-16-20-24-28(25-21-17-15-13-11-9-7-5-2)31(29,30)27-23-19-18-22-26(27)3/h18-19,22-23H,4-17,20-21,24-25H2,1-3H3. The molecular weight excluding hydrogens is 402 g/mol. The smallest absolute Gasteiger partial charge is 0.207 e. The summed E-state index contributed by atoms with van der Waals surface area (Å²) in [5.41, 5.74) is 0.847. The molecule has 0 aliphatic carbocycles. The van der Waals surface area contributed by atoms with E-state index < -0.39 is 10.0 Å². The van der Waals surface area contributed by atoms with Crippen LogP contribution in [0, 0.1) is 6.92 Å². The monoisotopic (exact) mass is 451 g/mol. The van der Waals surface area contributed by atoms with Gasteiger partial charge in [0.2, 0.25) is 10.0 Å². The summed E-state index contributed by atoms with van der Waals surface area (Å²) in [7, 11) is -3.41. The maximum Gasteiger partial charge on any atom is 0.243 e. The fourth-order valence-corrected chi connectivity index (χ4v) is 5.92. The Morgan fingerprint density at radius 2 is 1.00 bits per heavy atom. The summed E-state index contributed by atoms with van der Waals surface area (Å²) in [5.74, 6) is 0. The molecule has 0 saturated heterocycles. The SMILES string of the molecule is CCCCCCCCCCN(CCCCCCCCCC)S(=O)(=O)c1ccccc1C. The lowest BCUT2D eigenvalue weighted by Gasteiger charge is -2.23. The Morgan fingerprint density at radius 3 is 1.42 bits per heavy atom. The number of sulfonamides is 1.